The number of alkyl halides is 2. The fourth-order valence-corrected chi connectivity index (χ4v) is 2.61. The molecule has 0 saturated carbocycles. The Hall–Kier alpha value is -3.68. The van der Waals surface area contributed by atoms with Gasteiger partial charge in [0, 0.05) is 16.3 Å². The van der Waals surface area contributed by atoms with Crippen molar-refractivity contribution in [2.45, 2.75) is 6.61 Å². The maximum absolute atomic E-state index is 12.2. The molecule has 8 heteroatoms. The Balaban J connectivity index is 1.71. The van der Waals surface area contributed by atoms with Crippen LogP contribution in [0.25, 0.3) is 10.8 Å². The Kier molecular flexibility index (Phi) is 5.39. The van der Waals surface area contributed by atoms with Crippen molar-refractivity contribution in [1.82, 2.24) is 0 Å². The summed E-state index contributed by atoms with van der Waals surface area (Å²) in [5, 5.41) is 20.9. The van der Waals surface area contributed by atoms with E-state index in [2.05, 4.69) is 4.74 Å². The van der Waals surface area contributed by atoms with Gasteiger partial charge in [-0.25, -0.2) is 4.79 Å². The Bertz CT molecular complexity index is 1030. The Morgan fingerprint density at radius 1 is 0.964 bits per heavy atom. The Labute approximate surface area is 157 Å². The minimum atomic E-state index is -2.98. The van der Waals surface area contributed by atoms with Gasteiger partial charge in [0.2, 0.25) is 0 Å². The lowest BCUT2D eigenvalue weighted by Gasteiger charge is -2.10. The Morgan fingerprint density at radius 2 is 1.61 bits per heavy atom. The topological polar surface area (TPSA) is 93.1 Å². The summed E-state index contributed by atoms with van der Waals surface area (Å²) >= 11 is 0. The van der Waals surface area contributed by atoms with Crippen molar-refractivity contribution in [3.05, 3.63) is 65.7 Å². The van der Waals surface area contributed by atoms with Crippen LogP contribution < -0.4 is 4.74 Å². The van der Waals surface area contributed by atoms with E-state index >= 15 is 0 Å². The monoisotopic (exact) mass is 388 g/mol. The van der Waals surface area contributed by atoms with Crippen molar-refractivity contribution in [2.24, 2.45) is 0 Å². The van der Waals surface area contributed by atoms with Crippen LogP contribution in [0.1, 0.15) is 20.7 Å². The molecule has 28 heavy (non-hydrogen) atoms. The van der Waals surface area contributed by atoms with Gasteiger partial charge in [0.25, 0.3) is 0 Å². The van der Waals surface area contributed by atoms with Gasteiger partial charge in [-0.2, -0.15) is 8.78 Å². The third-order valence-corrected chi connectivity index (χ3v) is 3.95. The molecule has 0 aliphatic heterocycles. The first-order valence-electron chi connectivity index (χ1n) is 8.05. The predicted molar refractivity (Wildman–Crippen MR) is 95.0 cm³/mol. The standard InChI is InChI=1S/C20H14F2O6/c21-20(22)28-12-7-5-11(6-8-12)17(24)10-27-19(26)15-9-16(23)13-3-1-2-4-14(13)18(15)25/h1-9,20,23,25H,10H2. The summed E-state index contributed by atoms with van der Waals surface area (Å²) < 4.78 is 33.3. The van der Waals surface area contributed by atoms with Gasteiger partial charge in [-0.3, -0.25) is 4.79 Å². The number of ether oxygens (including phenoxy) is 2. The summed E-state index contributed by atoms with van der Waals surface area (Å²) in [5.41, 5.74) is -0.162. The zero-order chi connectivity index (χ0) is 20.3. The van der Waals surface area contributed by atoms with E-state index in [1.165, 1.54) is 30.3 Å². The van der Waals surface area contributed by atoms with Gasteiger partial charge in [-0.1, -0.05) is 24.3 Å². The van der Waals surface area contributed by atoms with Gasteiger partial charge in [0.15, 0.2) is 12.4 Å². The van der Waals surface area contributed by atoms with Crippen LogP contribution in [-0.4, -0.2) is 35.2 Å². The van der Waals surface area contributed by atoms with Crippen LogP contribution in [-0.2, 0) is 4.74 Å². The quantitative estimate of drug-likeness (QED) is 0.378. The fraction of sp³-hybridized carbons (Fsp3) is 0.100. The van der Waals surface area contributed by atoms with E-state index in [9.17, 15) is 28.6 Å². The number of aromatic hydroxyl groups is 2. The molecule has 0 saturated heterocycles. The van der Waals surface area contributed by atoms with Gasteiger partial charge in [-0.15, -0.1) is 0 Å². The van der Waals surface area contributed by atoms with Crippen LogP contribution in [0, 0.1) is 0 Å². The average Bonchev–Trinajstić information content (AvgIpc) is 2.68. The molecule has 0 radical (unpaired) electrons. The molecule has 6 nitrogen and oxygen atoms in total. The SMILES string of the molecule is O=C(COC(=O)c1cc(O)c2ccccc2c1O)c1ccc(OC(F)F)cc1. The summed E-state index contributed by atoms with van der Waals surface area (Å²) in [6.45, 7) is -3.62. The highest BCUT2D eigenvalue weighted by atomic mass is 19.3. The third kappa shape index (κ3) is 4.01. The maximum Gasteiger partial charge on any atom is 0.387 e. The van der Waals surface area contributed by atoms with Crippen LogP contribution >= 0.6 is 0 Å². The molecule has 0 fully saturated rings. The molecule has 0 atom stereocenters. The molecule has 0 bridgehead atoms. The number of phenols is 2. The molecule has 0 spiro atoms. The van der Waals surface area contributed by atoms with Gasteiger partial charge in [0.1, 0.15) is 22.8 Å². The number of hydrogen-bond donors (Lipinski definition) is 2. The molecule has 3 rings (SSSR count). The van der Waals surface area contributed by atoms with Crippen LogP contribution in [0.2, 0.25) is 0 Å². The van der Waals surface area contributed by atoms with Gasteiger partial charge in [0.05, 0.1) is 0 Å². The molecule has 0 aromatic heterocycles. The number of Topliss-reactive ketones (excluding diaryl/α,β-unsaturated/α-hetero) is 1. The molecule has 2 N–H and O–H groups in total. The molecule has 3 aromatic carbocycles. The highest BCUT2D eigenvalue weighted by molar-refractivity contribution is 6.05. The largest absolute Gasteiger partial charge is 0.507 e. The first-order chi connectivity index (χ1) is 13.4. The molecule has 0 aliphatic rings. The van der Waals surface area contributed by atoms with Gasteiger partial charge in [-0.05, 0) is 30.3 Å². The van der Waals surface area contributed by atoms with Gasteiger partial charge < -0.3 is 19.7 Å². The molecule has 144 valence electrons. The lowest BCUT2D eigenvalue weighted by molar-refractivity contribution is -0.0498. The zero-order valence-electron chi connectivity index (χ0n) is 14.3. The molecule has 0 heterocycles. The van der Waals surface area contributed by atoms with Crippen LogP contribution in [0.3, 0.4) is 0 Å². The fourth-order valence-electron chi connectivity index (χ4n) is 2.61. The second-order valence-electron chi connectivity index (χ2n) is 5.74. The summed E-state index contributed by atoms with van der Waals surface area (Å²) in [6.07, 6.45) is 0. The van der Waals surface area contributed by atoms with Crippen molar-refractivity contribution < 1.29 is 38.1 Å². The summed E-state index contributed by atoms with van der Waals surface area (Å²) in [7, 11) is 0. The number of rotatable bonds is 6. The van der Waals surface area contributed by atoms with E-state index in [1.807, 2.05) is 0 Å². The number of ketones is 1. The number of hydrogen-bond acceptors (Lipinski definition) is 6. The van der Waals surface area contributed by atoms with Crippen molar-refractivity contribution in [3.63, 3.8) is 0 Å². The van der Waals surface area contributed by atoms with E-state index in [4.69, 9.17) is 4.74 Å². The molecular weight excluding hydrogens is 374 g/mol. The normalized spacial score (nSPS) is 10.8. The minimum Gasteiger partial charge on any atom is -0.507 e. The summed E-state index contributed by atoms with van der Waals surface area (Å²) in [6, 6.07) is 12.3. The average molecular weight is 388 g/mol. The number of fused-ring (bicyclic) bond motifs is 1. The number of phenolic OH excluding ortho intramolecular Hbond substituents is 2. The van der Waals surface area contributed by atoms with Crippen molar-refractivity contribution in [3.8, 4) is 17.2 Å². The van der Waals surface area contributed by atoms with E-state index in [0.29, 0.717) is 5.39 Å². The molecule has 0 aliphatic carbocycles. The first kappa shape index (κ1) is 19.1. The third-order valence-electron chi connectivity index (χ3n) is 3.95. The van der Waals surface area contributed by atoms with E-state index in [0.717, 1.165) is 6.07 Å². The molecular formula is C20H14F2O6. The van der Waals surface area contributed by atoms with Gasteiger partial charge >= 0.3 is 12.6 Å². The second kappa shape index (κ2) is 7.91. The highest BCUT2D eigenvalue weighted by Crippen LogP contribution is 2.35. The predicted octanol–water partition coefficient (Wildman–Crippen LogP) is 3.89. The second-order valence-corrected chi connectivity index (χ2v) is 5.74. The van der Waals surface area contributed by atoms with Crippen LogP contribution in [0.4, 0.5) is 8.78 Å². The van der Waals surface area contributed by atoms with Crippen molar-refractivity contribution >= 4 is 22.5 Å². The number of carbonyl (C=O) groups excluding carboxylic acids is 2. The molecule has 0 amide bonds. The highest BCUT2D eigenvalue weighted by Gasteiger charge is 2.19. The smallest absolute Gasteiger partial charge is 0.387 e. The first-order valence-corrected chi connectivity index (χ1v) is 8.05. The number of carbonyl (C=O) groups is 2. The van der Waals surface area contributed by atoms with E-state index in [1.54, 1.807) is 18.2 Å². The van der Waals surface area contributed by atoms with E-state index in [-0.39, 0.29) is 33.8 Å². The number of esters is 1. The molecule has 0 unspecified atom stereocenters. The van der Waals surface area contributed by atoms with E-state index < -0.39 is 25.0 Å². The maximum atomic E-state index is 12.2. The van der Waals surface area contributed by atoms with Crippen molar-refractivity contribution in [1.29, 1.82) is 0 Å². The lowest BCUT2D eigenvalue weighted by Crippen LogP contribution is -2.14. The van der Waals surface area contributed by atoms with Crippen LogP contribution in [0.15, 0.2) is 54.6 Å². The number of halogens is 2. The molecule has 3 aromatic rings. The lowest BCUT2D eigenvalue weighted by atomic mass is 10.0. The number of benzene rings is 3. The minimum absolute atomic E-state index is 0.111. The van der Waals surface area contributed by atoms with Crippen molar-refractivity contribution in [2.75, 3.05) is 6.61 Å². The Morgan fingerprint density at radius 3 is 2.25 bits per heavy atom. The summed E-state index contributed by atoms with van der Waals surface area (Å²) in [5.74, 6) is -2.29. The summed E-state index contributed by atoms with van der Waals surface area (Å²) in [4.78, 5) is 24.3. The van der Waals surface area contributed by atoms with Crippen LogP contribution in [0.5, 0.6) is 17.2 Å². The zero-order valence-corrected chi connectivity index (χ0v) is 14.3.